The van der Waals surface area contributed by atoms with E-state index in [0.717, 1.165) is 57.4 Å². The Morgan fingerprint density at radius 3 is 2.25 bits per heavy atom. The molecular formula is C32H42N4O4. The number of carboxylic acids is 1. The molecule has 40 heavy (non-hydrogen) atoms. The number of benzene rings is 2. The molecule has 3 aliphatic rings. The van der Waals surface area contributed by atoms with Gasteiger partial charge in [0, 0.05) is 56.8 Å². The van der Waals surface area contributed by atoms with Crippen molar-refractivity contribution in [1.29, 1.82) is 0 Å². The summed E-state index contributed by atoms with van der Waals surface area (Å²) in [6.45, 7) is 3.84. The fourth-order valence-corrected chi connectivity index (χ4v) is 6.60. The number of likely N-dealkylation sites (tertiary alicyclic amines) is 1. The highest BCUT2D eigenvalue weighted by Crippen LogP contribution is 2.38. The van der Waals surface area contributed by atoms with Gasteiger partial charge in [0.25, 0.3) is 5.91 Å². The van der Waals surface area contributed by atoms with Gasteiger partial charge in [-0.15, -0.1) is 0 Å². The molecule has 2 aromatic rings. The monoisotopic (exact) mass is 546 g/mol. The second kappa shape index (κ2) is 13.3. The van der Waals surface area contributed by atoms with Crippen LogP contribution in [0.1, 0.15) is 85.3 Å². The number of piperidine rings is 1. The largest absolute Gasteiger partial charge is 0.481 e. The van der Waals surface area contributed by atoms with Gasteiger partial charge in [0.05, 0.1) is 6.04 Å². The van der Waals surface area contributed by atoms with Gasteiger partial charge in [0.2, 0.25) is 0 Å². The van der Waals surface area contributed by atoms with Crippen LogP contribution in [0.4, 0.5) is 4.79 Å². The highest BCUT2D eigenvalue weighted by molar-refractivity contribution is 5.94. The molecule has 0 unspecified atom stereocenters. The van der Waals surface area contributed by atoms with Crippen molar-refractivity contribution in [1.82, 2.24) is 20.0 Å². The Balaban J connectivity index is 1.16. The maximum atomic E-state index is 13.8. The number of carbonyl (C=O) groups excluding carboxylic acids is 2. The van der Waals surface area contributed by atoms with Gasteiger partial charge >= 0.3 is 12.0 Å². The predicted molar refractivity (Wildman–Crippen MR) is 154 cm³/mol. The van der Waals surface area contributed by atoms with Gasteiger partial charge in [-0.1, -0.05) is 61.7 Å². The smallest absolute Gasteiger partial charge is 0.321 e. The lowest BCUT2D eigenvalue weighted by atomic mass is 9.94. The van der Waals surface area contributed by atoms with E-state index in [2.05, 4.69) is 44.3 Å². The summed E-state index contributed by atoms with van der Waals surface area (Å²) >= 11 is 0. The number of amides is 3. The van der Waals surface area contributed by atoms with E-state index < -0.39 is 5.97 Å². The van der Waals surface area contributed by atoms with Crippen LogP contribution in [0.15, 0.2) is 54.6 Å². The minimum atomic E-state index is -0.855. The zero-order chi connectivity index (χ0) is 27.9. The predicted octanol–water partition coefficient (Wildman–Crippen LogP) is 5.06. The quantitative estimate of drug-likeness (QED) is 0.407. The van der Waals surface area contributed by atoms with Gasteiger partial charge in [-0.25, -0.2) is 4.79 Å². The molecule has 1 saturated carbocycles. The van der Waals surface area contributed by atoms with Crippen molar-refractivity contribution in [3.05, 3.63) is 71.3 Å². The summed E-state index contributed by atoms with van der Waals surface area (Å²) in [7, 11) is 0. The molecule has 8 heteroatoms. The van der Waals surface area contributed by atoms with E-state index in [9.17, 15) is 14.4 Å². The third kappa shape index (κ3) is 6.84. The van der Waals surface area contributed by atoms with E-state index in [1.807, 2.05) is 30.3 Å². The lowest BCUT2D eigenvalue weighted by Gasteiger charge is -2.39. The van der Waals surface area contributed by atoms with Crippen LogP contribution in [0, 0.1) is 0 Å². The number of aliphatic carboxylic acids is 1. The van der Waals surface area contributed by atoms with Gasteiger partial charge in [0.1, 0.15) is 0 Å². The number of carboxylic acid groups (broad SMARTS) is 1. The van der Waals surface area contributed by atoms with Crippen molar-refractivity contribution in [2.75, 3.05) is 26.2 Å². The maximum absolute atomic E-state index is 13.8. The van der Waals surface area contributed by atoms with E-state index in [1.165, 1.54) is 24.8 Å². The van der Waals surface area contributed by atoms with Crippen molar-refractivity contribution in [3.63, 3.8) is 0 Å². The van der Waals surface area contributed by atoms with E-state index in [-0.39, 0.29) is 30.4 Å². The van der Waals surface area contributed by atoms with Crippen molar-refractivity contribution < 1.29 is 19.5 Å². The Kier molecular flexibility index (Phi) is 9.37. The Morgan fingerprint density at radius 1 is 0.875 bits per heavy atom. The molecule has 3 fully saturated rings. The average molecular weight is 547 g/mol. The summed E-state index contributed by atoms with van der Waals surface area (Å²) in [4.78, 5) is 43.6. The van der Waals surface area contributed by atoms with Crippen molar-refractivity contribution in [3.8, 4) is 0 Å². The number of urea groups is 1. The van der Waals surface area contributed by atoms with Crippen LogP contribution in [0.25, 0.3) is 0 Å². The lowest BCUT2D eigenvalue weighted by molar-refractivity contribution is -0.137. The first-order chi connectivity index (χ1) is 19.5. The topological polar surface area (TPSA) is 93.2 Å². The summed E-state index contributed by atoms with van der Waals surface area (Å²) in [6.07, 6.45) is 8.39. The Hall–Kier alpha value is -3.39. The minimum Gasteiger partial charge on any atom is -0.481 e. The van der Waals surface area contributed by atoms with Crippen molar-refractivity contribution in [2.45, 2.75) is 82.5 Å². The third-order valence-electron chi connectivity index (χ3n) is 8.80. The molecule has 2 aromatic carbocycles. The van der Waals surface area contributed by atoms with E-state index in [0.29, 0.717) is 24.6 Å². The van der Waals surface area contributed by atoms with Crippen LogP contribution < -0.4 is 5.32 Å². The zero-order valence-corrected chi connectivity index (χ0v) is 23.3. The molecule has 2 saturated heterocycles. The standard InChI is InChI=1S/C32H42N4O4/c37-30(38)12-7-19-33-31(39)26-15-13-24(14-16-26)22-34-20-17-28(18-21-34)36-29(25-8-3-1-4-9-25)23-35(32(36)40)27-10-5-2-6-11-27/h1,3-4,8-9,13-16,27-29H,2,5-7,10-12,17-23H2,(H,33,39)(H,37,38)/t29-/m0/s1. The molecule has 2 aliphatic heterocycles. The van der Waals surface area contributed by atoms with Crippen molar-refractivity contribution >= 4 is 17.9 Å². The molecular weight excluding hydrogens is 504 g/mol. The minimum absolute atomic E-state index is 0.0491. The van der Waals surface area contributed by atoms with Crippen LogP contribution in [0.5, 0.6) is 0 Å². The Labute approximate surface area is 237 Å². The highest BCUT2D eigenvalue weighted by atomic mass is 16.4. The molecule has 0 spiro atoms. The molecule has 0 aromatic heterocycles. The third-order valence-corrected chi connectivity index (χ3v) is 8.80. The first-order valence-electron chi connectivity index (χ1n) is 14.9. The molecule has 1 aliphatic carbocycles. The van der Waals surface area contributed by atoms with Gasteiger partial charge in [0.15, 0.2) is 0 Å². The van der Waals surface area contributed by atoms with Crippen LogP contribution in [-0.4, -0.2) is 76.0 Å². The summed E-state index contributed by atoms with van der Waals surface area (Å²) in [5.74, 6) is -1.03. The first-order valence-corrected chi connectivity index (χ1v) is 14.9. The Morgan fingerprint density at radius 2 is 1.57 bits per heavy atom. The van der Waals surface area contributed by atoms with Gasteiger partial charge < -0.3 is 20.2 Å². The molecule has 3 amide bonds. The normalized spacial score (nSPS) is 21.1. The van der Waals surface area contributed by atoms with E-state index in [1.54, 1.807) is 0 Å². The van der Waals surface area contributed by atoms with E-state index in [4.69, 9.17) is 5.11 Å². The second-order valence-electron chi connectivity index (χ2n) is 11.5. The summed E-state index contributed by atoms with van der Waals surface area (Å²) in [5, 5.41) is 11.5. The lowest BCUT2D eigenvalue weighted by Crippen LogP contribution is -2.48. The number of nitrogens with one attached hydrogen (secondary N) is 1. The molecule has 1 atom stereocenters. The average Bonchev–Trinajstić information content (AvgIpc) is 3.33. The van der Waals surface area contributed by atoms with Crippen LogP contribution in [-0.2, 0) is 11.3 Å². The fraction of sp³-hybridized carbons (Fsp3) is 0.531. The second-order valence-corrected chi connectivity index (χ2v) is 11.5. The SMILES string of the molecule is O=C(O)CCCNC(=O)c1ccc(CN2CCC(N3C(=O)N(C4CCCCC4)C[C@H]3c3ccccc3)CC2)cc1. The fourth-order valence-electron chi connectivity index (χ4n) is 6.60. The van der Waals surface area contributed by atoms with E-state index >= 15 is 0 Å². The van der Waals surface area contributed by atoms with Gasteiger partial charge in [-0.05, 0) is 55.4 Å². The molecule has 2 N–H and O–H groups in total. The number of nitrogens with zero attached hydrogens (tertiary/aromatic N) is 3. The number of hydrogen-bond donors (Lipinski definition) is 2. The maximum Gasteiger partial charge on any atom is 0.321 e. The molecule has 2 heterocycles. The molecule has 8 nitrogen and oxygen atoms in total. The number of carbonyl (C=O) groups is 3. The highest BCUT2D eigenvalue weighted by Gasteiger charge is 2.45. The Bertz CT molecular complexity index is 1140. The van der Waals surface area contributed by atoms with Crippen LogP contribution in [0.2, 0.25) is 0 Å². The van der Waals surface area contributed by atoms with Crippen molar-refractivity contribution in [2.24, 2.45) is 0 Å². The molecule has 5 rings (SSSR count). The zero-order valence-electron chi connectivity index (χ0n) is 23.3. The van der Waals surface area contributed by atoms with Crippen LogP contribution >= 0.6 is 0 Å². The summed E-state index contributed by atoms with van der Waals surface area (Å²) in [5.41, 5.74) is 2.98. The summed E-state index contributed by atoms with van der Waals surface area (Å²) in [6, 6.07) is 19.2. The van der Waals surface area contributed by atoms with Gasteiger partial charge in [-0.2, -0.15) is 0 Å². The summed E-state index contributed by atoms with van der Waals surface area (Å²) < 4.78 is 0. The number of rotatable bonds is 10. The van der Waals surface area contributed by atoms with Gasteiger partial charge in [-0.3, -0.25) is 14.5 Å². The number of hydrogen-bond acceptors (Lipinski definition) is 4. The van der Waals surface area contributed by atoms with Crippen LogP contribution in [0.3, 0.4) is 0 Å². The first kappa shape index (κ1) is 28.1. The molecule has 0 bridgehead atoms. The molecule has 0 radical (unpaired) electrons. The molecule has 214 valence electrons.